The van der Waals surface area contributed by atoms with E-state index in [9.17, 15) is 0 Å². The Morgan fingerprint density at radius 1 is 0.235 bits per heavy atom. The Morgan fingerprint density at radius 3 is 0.574 bits per heavy atom. The highest BCUT2D eigenvalue weighted by Gasteiger charge is 2.13. The molecule has 0 atom stereocenters. The maximum Gasteiger partial charge on any atom is -0.0221 e. The summed E-state index contributed by atoms with van der Waals surface area (Å²) in [5.41, 5.74) is 17.5. The molecule has 0 aromatic heterocycles. The molecule has 0 aliphatic rings. The predicted octanol–water partition coefficient (Wildman–Crippen LogP) is 22.4. The van der Waals surface area contributed by atoms with E-state index in [1.165, 1.54) is 259 Å². The first-order valence-electron chi connectivity index (χ1n) is 29.5. The van der Waals surface area contributed by atoms with Crippen molar-refractivity contribution in [2.24, 2.45) is 0 Å². The highest BCUT2D eigenvalue weighted by atomic mass is 14.2. The van der Waals surface area contributed by atoms with Crippen LogP contribution in [0.5, 0.6) is 0 Å². The molecule has 0 fully saturated rings. The summed E-state index contributed by atoms with van der Waals surface area (Å²) in [6.07, 6.45) is 60.5. The van der Waals surface area contributed by atoms with Crippen LogP contribution >= 0.6 is 0 Å². The van der Waals surface area contributed by atoms with Gasteiger partial charge in [-0.3, -0.25) is 0 Å². The Kier molecular flexibility index (Phi) is 33.3. The van der Waals surface area contributed by atoms with Crippen LogP contribution in [0.2, 0.25) is 0 Å². The van der Waals surface area contributed by atoms with Crippen molar-refractivity contribution in [1.82, 2.24) is 0 Å². The maximum atomic E-state index is 4.32. The second-order valence-electron chi connectivity index (χ2n) is 20.8. The number of aryl methyl sites for hydroxylation is 6. The molecule has 0 nitrogen and oxygen atoms in total. The molecule has 0 radical (unpaired) electrons. The van der Waals surface area contributed by atoms with Crippen LogP contribution in [0.1, 0.15) is 301 Å². The van der Waals surface area contributed by atoms with E-state index in [0.29, 0.717) is 0 Å². The predicted molar refractivity (Wildman–Crippen MR) is 312 cm³/mol. The zero-order valence-electron chi connectivity index (χ0n) is 45.8. The molecular formula is C68H106. The average Bonchev–Trinajstić information content (AvgIpc) is 3.35. The molecule has 0 saturated carbocycles. The monoisotopic (exact) mass is 923 g/mol. The summed E-state index contributed by atoms with van der Waals surface area (Å²) >= 11 is 0. The molecular weight excluding hydrogens is 817 g/mol. The molecule has 0 aliphatic carbocycles. The van der Waals surface area contributed by atoms with Gasteiger partial charge in [0.25, 0.3) is 0 Å². The highest BCUT2D eigenvalue weighted by molar-refractivity contribution is 5.79. The van der Waals surface area contributed by atoms with Gasteiger partial charge in [0.15, 0.2) is 0 Å². The van der Waals surface area contributed by atoms with Crippen molar-refractivity contribution >= 4 is 36.5 Å². The fraction of sp³-hybridized carbons (Fsp3) is 0.618. The van der Waals surface area contributed by atoms with Gasteiger partial charge >= 0.3 is 0 Å². The van der Waals surface area contributed by atoms with Gasteiger partial charge in [0, 0.05) is 0 Å². The molecule has 3 rings (SSSR count). The lowest BCUT2D eigenvalue weighted by Gasteiger charge is -2.16. The van der Waals surface area contributed by atoms with Crippen LogP contribution in [-0.2, 0) is 38.5 Å². The molecule has 0 amide bonds. The molecule has 0 N–H and O–H groups in total. The van der Waals surface area contributed by atoms with Crippen LogP contribution in [0.15, 0.2) is 49.6 Å². The summed E-state index contributed by atoms with van der Waals surface area (Å²) in [6.45, 7) is 22.6. The van der Waals surface area contributed by atoms with Gasteiger partial charge in [-0.25, -0.2) is 0 Å². The minimum Gasteiger partial charge on any atom is -0.0985 e. The highest BCUT2D eigenvalue weighted by Crippen LogP contribution is 2.30. The van der Waals surface area contributed by atoms with Gasteiger partial charge in [-0.15, -0.1) is 0 Å². The summed E-state index contributed by atoms with van der Waals surface area (Å²) in [6, 6.07) is 15.4. The van der Waals surface area contributed by atoms with Gasteiger partial charge in [0.05, 0.1) is 0 Å². The summed E-state index contributed by atoms with van der Waals surface area (Å²) < 4.78 is 0. The van der Waals surface area contributed by atoms with Crippen molar-refractivity contribution in [3.05, 3.63) is 116 Å². The molecule has 0 aliphatic heterocycles. The van der Waals surface area contributed by atoms with E-state index < -0.39 is 0 Å². The zero-order valence-corrected chi connectivity index (χ0v) is 45.8. The zero-order chi connectivity index (χ0) is 48.9. The van der Waals surface area contributed by atoms with Gasteiger partial charge in [-0.1, -0.05) is 282 Å². The number of rotatable bonds is 42. The number of hydrogen-bond donors (Lipinski definition) is 0. The maximum absolute atomic E-state index is 4.32. The molecule has 3 aromatic carbocycles. The lowest BCUT2D eigenvalue weighted by atomic mass is 9.89. The molecule has 68 heavy (non-hydrogen) atoms. The van der Waals surface area contributed by atoms with E-state index in [4.69, 9.17) is 0 Å². The third-order valence-corrected chi connectivity index (χ3v) is 14.8. The Balaban J connectivity index is 2.18. The van der Waals surface area contributed by atoms with Crippen LogP contribution < -0.4 is 0 Å². The van der Waals surface area contributed by atoms with E-state index >= 15 is 0 Å². The third kappa shape index (κ3) is 23.5. The van der Waals surface area contributed by atoms with Crippen LogP contribution in [0.25, 0.3) is 36.5 Å². The van der Waals surface area contributed by atoms with Crippen molar-refractivity contribution in [3.8, 4) is 0 Å². The molecule has 378 valence electrons. The van der Waals surface area contributed by atoms with Gasteiger partial charge in [0.1, 0.15) is 0 Å². The first-order valence-corrected chi connectivity index (χ1v) is 29.5. The van der Waals surface area contributed by atoms with Crippen LogP contribution in [0.4, 0.5) is 0 Å². The standard InChI is InChI=1S/C68H106/c1-9-17-23-29-35-41-59-53-65(61(51-57(59)15-7)43-37-31-25-19-11-3)47-49-67-55-64(46-40-34-28-22-14-6)68(56-63(67)45-39-33-27-21-13-5)50-48-66-54-60(42-36-30-24-18-10-2)58(16-8)52-62(66)44-38-32-26-20-12-4/h15-16,47-56H,7-14,17-46H2,1-6H3/b49-47-,50-48-. The smallest absolute Gasteiger partial charge is 0.0221 e. The Bertz CT molecular complexity index is 1710. The van der Waals surface area contributed by atoms with Crippen molar-refractivity contribution in [1.29, 1.82) is 0 Å². The summed E-state index contributed by atoms with van der Waals surface area (Å²) in [4.78, 5) is 0. The van der Waals surface area contributed by atoms with Crippen molar-refractivity contribution in [2.45, 2.75) is 273 Å². The SMILES string of the molecule is C=Cc1cc(CCCCCCC)c(/C=C\c2cc(CCCCCCC)c(/C=C\c3cc(CCCCCCC)c(C=C)cc3CCCCCCC)cc2CCCCCCC)cc1CCCCCCC. The quantitative estimate of drug-likeness (QED) is 0.0392. The van der Waals surface area contributed by atoms with E-state index in [0.717, 1.165) is 38.5 Å². The minimum atomic E-state index is 1.14. The first kappa shape index (κ1) is 58.9. The lowest BCUT2D eigenvalue weighted by molar-refractivity contribution is 0.629. The van der Waals surface area contributed by atoms with Crippen molar-refractivity contribution in [3.63, 3.8) is 0 Å². The van der Waals surface area contributed by atoms with Crippen molar-refractivity contribution in [2.75, 3.05) is 0 Å². The molecule has 0 unspecified atom stereocenters. The molecule has 0 saturated heterocycles. The molecule has 0 heterocycles. The second-order valence-corrected chi connectivity index (χ2v) is 20.8. The first-order chi connectivity index (χ1) is 33.5. The van der Waals surface area contributed by atoms with Gasteiger partial charge in [0.2, 0.25) is 0 Å². The summed E-state index contributed by atoms with van der Waals surface area (Å²) in [5, 5.41) is 0. The fourth-order valence-corrected chi connectivity index (χ4v) is 10.4. The van der Waals surface area contributed by atoms with Crippen molar-refractivity contribution < 1.29 is 0 Å². The number of unbranched alkanes of at least 4 members (excludes halogenated alkanes) is 24. The molecule has 0 heteroatoms. The lowest BCUT2D eigenvalue weighted by Crippen LogP contribution is -2.00. The Morgan fingerprint density at radius 2 is 0.397 bits per heavy atom. The fourth-order valence-electron chi connectivity index (χ4n) is 10.4. The number of benzene rings is 3. The van der Waals surface area contributed by atoms with Gasteiger partial charge in [-0.05, 0) is 144 Å². The van der Waals surface area contributed by atoms with E-state index in [-0.39, 0.29) is 0 Å². The largest absolute Gasteiger partial charge is 0.0985 e. The second kappa shape index (κ2) is 38.4. The Hall–Kier alpha value is -3.38. The average molecular weight is 924 g/mol. The molecule has 3 aromatic rings. The van der Waals surface area contributed by atoms with Crippen LogP contribution in [0, 0.1) is 0 Å². The minimum absolute atomic E-state index is 1.14. The molecule has 0 bridgehead atoms. The van der Waals surface area contributed by atoms with Crippen LogP contribution in [0.3, 0.4) is 0 Å². The summed E-state index contributed by atoms with van der Waals surface area (Å²) in [5.74, 6) is 0. The van der Waals surface area contributed by atoms with E-state index in [1.54, 1.807) is 0 Å². The van der Waals surface area contributed by atoms with Gasteiger partial charge < -0.3 is 0 Å². The van der Waals surface area contributed by atoms with Gasteiger partial charge in [-0.2, -0.15) is 0 Å². The topological polar surface area (TPSA) is 0 Å². The summed E-state index contributed by atoms with van der Waals surface area (Å²) in [7, 11) is 0. The molecule has 0 spiro atoms. The third-order valence-electron chi connectivity index (χ3n) is 14.8. The normalized spacial score (nSPS) is 11.7. The van der Waals surface area contributed by atoms with E-state index in [1.807, 2.05) is 0 Å². The Labute approximate surface area is 423 Å². The van der Waals surface area contributed by atoms with E-state index in [2.05, 4.69) is 128 Å². The van der Waals surface area contributed by atoms with Crippen LogP contribution in [-0.4, -0.2) is 0 Å². The number of hydrogen-bond acceptors (Lipinski definition) is 0.